The van der Waals surface area contributed by atoms with Gasteiger partial charge in [0.2, 0.25) is 10.0 Å². The summed E-state index contributed by atoms with van der Waals surface area (Å²) in [6.45, 7) is 8.48. The Balaban J connectivity index is 1.71. The third-order valence-electron chi connectivity index (χ3n) is 5.27. The van der Waals surface area contributed by atoms with Crippen LogP contribution in [0.4, 0.5) is 0 Å². The summed E-state index contributed by atoms with van der Waals surface area (Å²) in [5.74, 6) is 1.17. The van der Waals surface area contributed by atoms with Crippen LogP contribution in [-0.2, 0) is 16.4 Å². The lowest BCUT2D eigenvalue weighted by molar-refractivity contribution is 0.393. The Morgan fingerprint density at radius 2 is 2.00 bits per heavy atom. The van der Waals surface area contributed by atoms with Gasteiger partial charge in [-0.3, -0.25) is 0 Å². The summed E-state index contributed by atoms with van der Waals surface area (Å²) in [5.41, 5.74) is 3.55. The predicted octanol–water partition coefficient (Wildman–Crippen LogP) is 3.13. The largest absolute Gasteiger partial charge is 0.361 e. The molecule has 0 aromatic carbocycles. The number of nitrogens with zero attached hydrogens (tertiary/aromatic N) is 4. The molecule has 148 valence electrons. The summed E-state index contributed by atoms with van der Waals surface area (Å²) >= 11 is 0. The van der Waals surface area contributed by atoms with Crippen molar-refractivity contribution in [2.24, 2.45) is 5.92 Å². The average molecular weight is 393 g/mol. The normalized spacial score (nSPS) is 19.4. The number of aryl methyl sites for hydroxylation is 2. The fraction of sp³-hybridized carbons (Fsp3) is 0.632. The molecular weight excluding hydrogens is 364 g/mol. The zero-order valence-electron chi connectivity index (χ0n) is 16.5. The molecule has 1 fully saturated rings. The Kier molecular flexibility index (Phi) is 5.95. The number of aromatic nitrogens is 3. The van der Waals surface area contributed by atoms with E-state index in [4.69, 9.17) is 4.52 Å². The molecule has 0 N–H and O–H groups in total. The molecule has 0 unspecified atom stereocenters. The Bertz CT molecular complexity index is 873. The maximum atomic E-state index is 12.4. The van der Waals surface area contributed by atoms with Gasteiger partial charge in [-0.25, -0.2) is 22.7 Å². The summed E-state index contributed by atoms with van der Waals surface area (Å²) in [5, 5.41) is 3.63. The molecule has 27 heavy (non-hydrogen) atoms. The van der Waals surface area contributed by atoms with Crippen LogP contribution in [-0.4, -0.2) is 46.2 Å². The van der Waals surface area contributed by atoms with Crippen molar-refractivity contribution in [3.63, 3.8) is 0 Å². The van der Waals surface area contributed by atoms with Gasteiger partial charge < -0.3 is 4.52 Å². The van der Waals surface area contributed by atoms with Gasteiger partial charge in [-0.2, -0.15) is 0 Å². The second kappa shape index (κ2) is 8.06. The van der Waals surface area contributed by atoms with Crippen molar-refractivity contribution in [3.05, 3.63) is 29.5 Å². The van der Waals surface area contributed by atoms with Crippen LogP contribution in [0.15, 0.2) is 16.9 Å². The second-order valence-corrected chi connectivity index (χ2v) is 10.1. The van der Waals surface area contributed by atoms with Crippen molar-refractivity contribution in [1.82, 2.24) is 19.4 Å². The van der Waals surface area contributed by atoms with Crippen molar-refractivity contribution < 1.29 is 12.9 Å². The molecule has 1 saturated heterocycles. The maximum absolute atomic E-state index is 12.4. The summed E-state index contributed by atoms with van der Waals surface area (Å²) < 4.78 is 31.8. The molecular formula is C19H28N4O3S. The maximum Gasteiger partial charge on any atom is 0.216 e. The van der Waals surface area contributed by atoms with Gasteiger partial charge in [0.1, 0.15) is 12.1 Å². The van der Waals surface area contributed by atoms with Crippen LogP contribution in [0.2, 0.25) is 0 Å². The van der Waals surface area contributed by atoms with Crippen LogP contribution < -0.4 is 0 Å². The quantitative estimate of drug-likeness (QED) is 0.777. The van der Waals surface area contributed by atoms with E-state index in [1.54, 1.807) is 24.5 Å². The standard InChI is InChI=1S/C19H28N4O3S/c1-13(2)27(24,25)23-8-5-6-16(7-9-23)10-17-11-18(21-12-20-17)19-14(3)22-26-15(19)4/h11-13,16H,5-10H2,1-4H3/t16-/m0/s1. The Labute approximate surface area is 161 Å². The van der Waals surface area contributed by atoms with Gasteiger partial charge in [0.15, 0.2) is 0 Å². The Morgan fingerprint density at radius 1 is 1.22 bits per heavy atom. The molecule has 0 bridgehead atoms. The monoisotopic (exact) mass is 392 g/mol. The fourth-order valence-electron chi connectivity index (χ4n) is 3.69. The summed E-state index contributed by atoms with van der Waals surface area (Å²) in [6.07, 6.45) is 5.17. The third kappa shape index (κ3) is 4.38. The molecule has 7 nitrogen and oxygen atoms in total. The van der Waals surface area contributed by atoms with Crippen molar-refractivity contribution in [3.8, 4) is 11.3 Å². The van der Waals surface area contributed by atoms with E-state index >= 15 is 0 Å². The van der Waals surface area contributed by atoms with E-state index in [0.29, 0.717) is 19.0 Å². The van der Waals surface area contributed by atoms with E-state index in [-0.39, 0.29) is 5.25 Å². The minimum absolute atomic E-state index is 0.367. The van der Waals surface area contributed by atoms with Gasteiger partial charge >= 0.3 is 0 Å². The molecule has 1 atom stereocenters. The highest BCUT2D eigenvalue weighted by atomic mass is 32.2. The first-order valence-electron chi connectivity index (χ1n) is 9.52. The van der Waals surface area contributed by atoms with Crippen LogP contribution in [0.3, 0.4) is 0 Å². The number of sulfonamides is 1. The van der Waals surface area contributed by atoms with E-state index in [1.165, 1.54) is 0 Å². The van der Waals surface area contributed by atoms with Crippen molar-refractivity contribution in [1.29, 1.82) is 0 Å². The highest BCUT2D eigenvalue weighted by molar-refractivity contribution is 7.89. The van der Waals surface area contributed by atoms with Crippen LogP contribution in [0.25, 0.3) is 11.3 Å². The van der Waals surface area contributed by atoms with E-state index < -0.39 is 10.0 Å². The van der Waals surface area contributed by atoms with E-state index in [9.17, 15) is 8.42 Å². The third-order valence-corrected chi connectivity index (χ3v) is 7.55. The van der Waals surface area contributed by atoms with Gasteiger partial charge in [-0.05, 0) is 65.4 Å². The molecule has 0 aliphatic carbocycles. The minimum atomic E-state index is -3.18. The minimum Gasteiger partial charge on any atom is -0.361 e. The summed E-state index contributed by atoms with van der Waals surface area (Å²) in [6, 6.07) is 2.00. The summed E-state index contributed by atoms with van der Waals surface area (Å²) in [7, 11) is -3.18. The molecule has 0 saturated carbocycles. The summed E-state index contributed by atoms with van der Waals surface area (Å²) in [4.78, 5) is 8.82. The van der Waals surface area contributed by atoms with E-state index in [1.807, 2.05) is 19.9 Å². The van der Waals surface area contributed by atoms with Crippen LogP contribution in [0, 0.1) is 19.8 Å². The zero-order valence-corrected chi connectivity index (χ0v) is 17.3. The highest BCUT2D eigenvalue weighted by Gasteiger charge is 2.28. The van der Waals surface area contributed by atoms with Gasteiger partial charge in [0, 0.05) is 18.8 Å². The van der Waals surface area contributed by atoms with Gasteiger partial charge in [-0.1, -0.05) is 5.16 Å². The molecule has 0 spiro atoms. The topological polar surface area (TPSA) is 89.2 Å². The fourth-order valence-corrected chi connectivity index (χ4v) is 5.03. The first-order valence-corrected chi connectivity index (χ1v) is 11.0. The molecule has 3 heterocycles. The first kappa shape index (κ1) is 19.9. The van der Waals surface area contributed by atoms with Crippen molar-refractivity contribution in [2.75, 3.05) is 13.1 Å². The van der Waals surface area contributed by atoms with E-state index in [2.05, 4.69) is 15.1 Å². The van der Waals surface area contributed by atoms with Gasteiger partial charge in [0.25, 0.3) is 0 Å². The molecule has 1 aliphatic rings. The smallest absolute Gasteiger partial charge is 0.216 e. The highest BCUT2D eigenvalue weighted by Crippen LogP contribution is 2.27. The van der Waals surface area contributed by atoms with Gasteiger partial charge in [-0.15, -0.1) is 0 Å². The van der Waals surface area contributed by atoms with Gasteiger partial charge in [0.05, 0.1) is 22.2 Å². The van der Waals surface area contributed by atoms with E-state index in [0.717, 1.165) is 54.1 Å². The van der Waals surface area contributed by atoms with Crippen LogP contribution in [0.5, 0.6) is 0 Å². The molecule has 2 aromatic heterocycles. The SMILES string of the molecule is Cc1noc(C)c1-c1cc(C[C@H]2CCCN(S(=O)(=O)C(C)C)CC2)ncn1. The molecule has 1 aliphatic heterocycles. The molecule has 0 radical (unpaired) electrons. The van der Waals surface area contributed by atoms with Crippen LogP contribution in [0.1, 0.15) is 50.3 Å². The Morgan fingerprint density at radius 3 is 2.67 bits per heavy atom. The molecule has 2 aromatic rings. The lowest BCUT2D eigenvalue weighted by Gasteiger charge is -2.22. The lowest BCUT2D eigenvalue weighted by Crippen LogP contribution is -2.37. The number of hydrogen-bond acceptors (Lipinski definition) is 6. The number of hydrogen-bond donors (Lipinski definition) is 0. The molecule has 8 heteroatoms. The zero-order chi connectivity index (χ0) is 19.6. The van der Waals surface area contributed by atoms with Crippen LogP contribution >= 0.6 is 0 Å². The average Bonchev–Trinajstić information content (AvgIpc) is 2.81. The molecule has 3 rings (SSSR count). The lowest BCUT2D eigenvalue weighted by atomic mass is 9.94. The number of rotatable bonds is 5. The van der Waals surface area contributed by atoms with Crippen molar-refractivity contribution in [2.45, 2.75) is 58.6 Å². The Hall–Kier alpha value is -1.80. The molecule has 0 amide bonds. The predicted molar refractivity (Wildman–Crippen MR) is 104 cm³/mol. The van der Waals surface area contributed by atoms with Crippen molar-refractivity contribution >= 4 is 10.0 Å². The second-order valence-electron chi connectivity index (χ2n) is 7.59. The first-order chi connectivity index (χ1) is 12.8.